The highest BCUT2D eigenvalue weighted by atomic mass is 32.2. The molecule has 2 aliphatic rings. The molecule has 1 fully saturated rings. The number of carbonyl (C=O) groups is 1. The van der Waals surface area contributed by atoms with Gasteiger partial charge in [-0.25, -0.2) is 15.2 Å². The van der Waals surface area contributed by atoms with Gasteiger partial charge in [-0.15, -0.1) is 16.4 Å². The number of thiophene rings is 1. The Balaban J connectivity index is 1.49. The zero-order valence-electron chi connectivity index (χ0n) is 12.6. The number of rotatable bonds is 3. The summed E-state index contributed by atoms with van der Waals surface area (Å²) in [5.74, 6) is 0.111. The number of amidine groups is 1. The maximum absolute atomic E-state index is 13.8. The van der Waals surface area contributed by atoms with Crippen LogP contribution < -0.4 is 10.9 Å². The Morgan fingerprint density at radius 2 is 2.21 bits per heavy atom. The number of carbonyl (C=O) groups excluding carboxylic acids is 1. The van der Waals surface area contributed by atoms with Gasteiger partial charge in [0, 0.05) is 17.1 Å². The number of hydrogen-bond donors (Lipinski definition) is 2. The lowest BCUT2D eigenvalue weighted by Crippen LogP contribution is -2.52. The first kappa shape index (κ1) is 15.6. The van der Waals surface area contributed by atoms with Gasteiger partial charge in [-0.1, -0.05) is 36.0 Å². The number of benzene rings is 1. The van der Waals surface area contributed by atoms with E-state index in [9.17, 15) is 9.18 Å². The Kier molecular flexibility index (Phi) is 4.26. The van der Waals surface area contributed by atoms with Crippen molar-refractivity contribution in [2.24, 2.45) is 5.10 Å². The third kappa shape index (κ3) is 2.92. The molecule has 0 saturated carbocycles. The monoisotopic (exact) mass is 362 g/mol. The van der Waals surface area contributed by atoms with E-state index in [1.807, 2.05) is 22.5 Å². The average Bonchev–Trinajstić information content (AvgIpc) is 3.25. The van der Waals surface area contributed by atoms with Crippen molar-refractivity contribution < 1.29 is 9.18 Å². The van der Waals surface area contributed by atoms with Crippen molar-refractivity contribution in [1.29, 1.82) is 0 Å². The SMILES string of the molecule is O=C1NN=C(SCc2ccccc2F)N2NC(c3cccs3)CC12. The van der Waals surface area contributed by atoms with Crippen molar-refractivity contribution in [3.8, 4) is 0 Å². The molecule has 5 nitrogen and oxygen atoms in total. The number of nitrogens with zero attached hydrogens (tertiary/aromatic N) is 2. The second-order valence-electron chi connectivity index (χ2n) is 5.57. The number of halogens is 1. The van der Waals surface area contributed by atoms with Crippen LogP contribution >= 0.6 is 23.1 Å². The molecule has 3 heterocycles. The number of hydrazine groups is 1. The van der Waals surface area contributed by atoms with Gasteiger partial charge in [0.2, 0.25) is 0 Å². The Morgan fingerprint density at radius 3 is 3.00 bits per heavy atom. The van der Waals surface area contributed by atoms with Crippen molar-refractivity contribution in [2.45, 2.75) is 24.3 Å². The highest BCUT2D eigenvalue weighted by molar-refractivity contribution is 8.13. The van der Waals surface area contributed by atoms with Crippen LogP contribution in [0, 0.1) is 5.82 Å². The van der Waals surface area contributed by atoms with E-state index in [-0.39, 0.29) is 23.8 Å². The van der Waals surface area contributed by atoms with E-state index in [1.165, 1.54) is 22.7 Å². The molecule has 1 amide bonds. The molecule has 0 spiro atoms. The summed E-state index contributed by atoms with van der Waals surface area (Å²) in [5.41, 5.74) is 6.56. The van der Waals surface area contributed by atoms with Gasteiger partial charge < -0.3 is 0 Å². The summed E-state index contributed by atoms with van der Waals surface area (Å²) in [7, 11) is 0. The standard InChI is InChI=1S/C16H15FN4OS2/c17-11-5-2-1-4-10(11)9-24-16-19-18-15(22)13-8-12(20-21(13)16)14-6-3-7-23-14/h1-7,12-13,20H,8-9H2,(H,18,22). The number of amides is 1. The van der Waals surface area contributed by atoms with Crippen molar-refractivity contribution in [2.75, 3.05) is 0 Å². The lowest BCUT2D eigenvalue weighted by molar-refractivity contribution is -0.125. The van der Waals surface area contributed by atoms with E-state index in [1.54, 1.807) is 23.5 Å². The molecule has 0 bridgehead atoms. The molecule has 4 rings (SSSR count). The minimum Gasteiger partial charge on any atom is -0.272 e. The molecule has 1 aromatic heterocycles. The lowest BCUT2D eigenvalue weighted by Gasteiger charge is -2.29. The zero-order valence-corrected chi connectivity index (χ0v) is 14.2. The van der Waals surface area contributed by atoms with Gasteiger partial charge in [-0.3, -0.25) is 9.80 Å². The van der Waals surface area contributed by atoms with Crippen molar-refractivity contribution in [3.05, 3.63) is 58.0 Å². The molecule has 2 unspecified atom stereocenters. The third-order valence-electron chi connectivity index (χ3n) is 4.04. The molecule has 1 saturated heterocycles. The van der Waals surface area contributed by atoms with Crippen LogP contribution in [0.25, 0.3) is 0 Å². The molecular formula is C16H15FN4OS2. The van der Waals surface area contributed by atoms with Crippen LogP contribution in [-0.2, 0) is 10.5 Å². The smallest absolute Gasteiger partial charge is 0.264 e. The number of hydrazone groups is 1. The average molecular weight is 362 g/mol. The molecule has 2 aliphatic heterocycles. The second kappa shape index (κ2) is 6.54. The second-order valence-corrected chi connectivity index (χ2v) is 7.49. The topological polar surface area (TPSA) is 56.7 Å². The number of fused-ring (bicyclic) bond motifs is 1. The minimum absolute atomic E-state index is 0.0955. The van der Waals surface area contributed by atoms with E-state index in [0.29, 0.717) is 22.9 Å². The van der Waals surface area contributed by atoms with E-state index >= 15 is 0 Å². The molecule has 8 heteroatoms. The first-order valence-electron chi connectivity index (χ1n) is 7.55. The van der Waals surface area contributed by atoms with E-state index in [2.05, 4.69) is 22.0 Å². The highest BCUT2D eigenvalue weighted by Crippen LogP contribution is 2.33. The predicted octanol–water partition coefficient (Wildman–Crippen LogP) is 2.84. The maximum Gasteiger partial charge on any atom is 0.264 e. The summed E-state index contributed by atoms with van der Waals surface area (Å²) in [6.45, 7) is 0. The van der Waals surface area contributed by atoms with E-state index < -0.39 is 0 Å². The van der Waals surface area contributed by atoms with Gasteiger partial charge in [0.05, 0.1) is 6.04 Å². The molecule has 1 aromatic carbocycles. The van der Waals surface area contributed by atoms with Crippen LogP contribution in [0.1, 0.15) is 22.9 Å². The van der Waals surface area contributed by atoms with Crippen LogP contribution in [0.15, 0.2) is 46.9 Å². The number of hydrogen-bond acceptors (Lipinski definition) is 6. The van der Waals surface area contributed by atoms with Gasteiger partial charge in [0.15, 0.2) is 5.17 Å². The Labute approximate surface area is 146 Å². The fraction of sp³-hybridized carbons (Fsp3) is 0.250. The molecule has 0 radical (unpaired) electrons. The number of nitrogens with one attached hydrogen (secondary N) is 2. The zero-order chi connectivity index (χ0) is 16.5. The van der Waals surface area contributed by atoms with E-state index in [0.717, 1.165) is 0 Å². The van der Waals surface area contributed by atoms with Gasteiger partial charge in [0.25, 0.3) is 5.91 Å². The van der Waals surface area contributed by atoms with Crippen molar-refractivity contribution in [1.82, 2.24) is 15.9 Å². The lowest BCUT2D eigenvalue weighted by atomic mass is 10.1. The summed E-state index contributed by atoms with van der Waals surface area (Å²) in [5, 5.41) is 8.63. The minimum atomic E-state index is -0.294. The summed E-state index contributed by atoms with van der Waals surface area (Å²) in [6.07, 6.45) is 0.686. The Morgan fingerprint density at radius 1 is 1.33 bits per heavy atom. The van der Waals surface area contributed by atoms with Crippen LogP contribution in [0.5, 0.6) is 0 Å². The molecular weight excluding hydrogens is 347 g/mol. The first-order chi connectivity index (χ1) is 11.7. The Bertz CT molecular complexity index is 780. The van der Waals surface area contributed by atoms with Crippen LogP contribution in [-0.4, -0.2) is 22.1 Å². The third-order valence-corrected chi connectivity index (χ3v) is 6.02. The quantitative estimate of drug-likeness (QED) is 0.882. The van der Waals surface area contributed by atoms with Crippen LogP contribution in [0.2, 0.25) is 0 Å². The molecule has 2 atom stereocenters. The molecule has 0 aliphatic carbocycles. The normalized spacial score (nSPS) is 23.0. The van der Waals surface area contributed by atoms with E-state index in [4.69, 9.17) is 0 Å². The predicted molar refractivity (Wildman–Crippen MR) is 93.7 cm³/mol. The van der Waals surface area contributed by atoms with Crippen LogP contribution in [0.3, 0.4) is 0 Å². The van der Waals surface area contributed by atoms with Gasteiger partial charge in [-0.2, -0.15) is 0 Å². The fourth-order valence-corrected chi connectivity index (χ4v) is 4.54. The molecule has 2 aromatic rings. The summed E-state index contributed by atoms with van der Waals surface area (Å²) in [4.78, 5) is 13.3. The highest BCUT2D eigenvalue weighted by Gasteiger charge is 2.42. The van der Waals surface area contributed by atoms with Crippen molar-refractivity contribution in [3.63, 3.8) is 0 Å². The van der Waals surface area contributed by atoms with Crippen molar-refractivity contribution >= 4 is 34.2 Å². The summed E-state index contributed by atoms with van der Waals surface area (Å²) < 4.78 is 13.8. The summed E-state index contributed by atoms with van der Waals surface area (Å²) in [6, 6.07) is 10.6. The molecule has 24 heavy (non-hydrogen) atoms. The fourth-order valence-electron chi connectivity index (χ4n) is 2.81. The van der Waals surface area contributed by atoms with Crippen LogP contribution in [0.4, 0.5) is 4.39 Å². The number of thioether (sulfide) groups is 1. The molecule has 2 N–H and O–H groups in total. The summed E-state index contributed by atoms with van der Waals surface area (Å²) >= 11 is 3.07. The van der Waals surface area contributed by atoms with Gasteiger partial charge in [0.1, 0.15) is 11.9 Å². The molecule has 124 valence electrons. The Hall–Kier alpha value is -1.90. The first-order valence-corrected chi connectivity index (χ1v) is 9.41. The van der Waals surface area contributed by atoms with Gasteiger partial charge >= 0.3 is 0 Å². The van der Waals surface area contributed by atoms with Gasteiger partial charge in [-0.05, 0) is 23.1 Å². The largest absolute Gasteiger partial charge is 0.272 e. The maximum atomic E-state index is 13.8.